The summed E-state index contributed by atoms with van der Waals surface area (Å²) >= 11 is 0. The van der Waals surface area contributed by atoms with Gasteiger partial charge in [-0.2, -0.15) is 0 Å². The number of benzene rings is 2. The Kier molecular flexibility index (Phi) is 8.68. The van der Waals surface area contributed by atoms with E-state index in [2.05, 4.69) is 10.6 Å². The molecule has 8 nitrogen and oxygen atoms in total. The molecule has 1 fully saturated rings. The van der Waals surface area contributed by atoms with Crippen molar-refractivity contribution in [1.29, 1.82) is 0 Å². The normalized spacial score (nSPS) is 15.7. The van der Waals surface area contributed by atoms with Gasteiger partial charge in [0.05, 0.1) is 29.3 Å². The van der Waals surface area contributed by atoms with Crippen LogP contribution in [0.4, 0.5) is 11.4 Å². The summed E-state index contributed by atoms with van der Waals surface area (Å²) in [7, 11) is -3.50. The van der Waals surface area contributed by atoms with E-state index in [-0.39, 0.29) is 30.9 Å². The van der Waals surface area contributed by atoms with Crippen LogP contribution in [-0.4, -0.2) is 52.3 Å². The number of amides is 2. The molecule has 0 aliphatic carbocycles. The Morgan fingerprint density at radius 1 is 1.12 bits per heavy atom. The number of anilines is 2. The van der Waals surface area contributed by atoms with Gasteiger partial charge in [0, 0.05) is 26.1 Å². The number of hydrogen-bond acceptors (Lipinski definition) is 5. The molecule has 0 radical (unpaired) electrons. The van der Waals surface area contributed by atoms with Crippen LogP contribution in [0.5, 0.6) is 0 Å². The minimum atomic E-state index is -3.50. The Morgan fingerprint density at radius 3 is 2.47 bits per heavy atom. The van der Waals surface area contributed by atoms with Gasteiger partial charge in [-0.1, -0.05) is 18.2 Å². The van der Waals surface area contributed by atoms with E-state index in [4.69, 9.17) is 4.74 Å². The lowest BCUT2D eigenvalue weighted by Gasteiger charge is -2.23. The average molecular weight is 488 g/mol. The zero-order valence-electron chi connectivity index (χ0n) is 20.0. The van der Waals surface area contributed by atoms with Crippen LogP contribution in [0, 0.1) is 13.8 Å². The summed E-state index contributed by atoms with van der Waals surface area (Å²) in [4.78, 5) is 25.2. The van der Waals surface area contributed by atoms with Gasteiger partial charge in [0.25, 0.3) is 5.91 Å². The molecule has 2 aromatic carbocycles. The molecule has 1 saturated heterocycles. The monoisotopic (exact) mass is 487 g/mol. The van der Waals surface area contributed by atoms with Gasteiger partial charge in [0.2, 0.25) is 15.9 Å². The van der Waals surface area contributed by atoms with Gasteiger partial charge in [-0.05, 0) is 68.5 Å². The van der Waals surface area contributed by atoms with Crippen LogP contribution in [0.25, 0.3) is 0 Å². The molecule has 0 aromatic heterocycles. The fourth-order valence-corrected chi connectivity index (χ4v) is 5.02. The fraction of sp³-hybridized carbons (Fsp3) is 0.440. The minimum Gasteiger partial charge on any atom is -0.376 e. The van der Waals surface area contributed by atoms with Gasteiger partial charge >= 0.3 is 0 Å². The molecule has 2 aromatic rings. The number of carbonyl (C=O) groups excluding carboxylic acids is 2. The molecule has 0 spiro atoms. The first-order valence-corrected chi connectivity index (χ1v) is 13.3. The maximum absolute atomic E-state index is 12.6. The third kappa shape index (κ3) is 7.30. The van der Waals surface area contributed by atoms with Crippen molar-refractivity contribution in [3.63, 3.8) is 0 Å². The summed E-state index contributed by atoms with van der Waals surface area (Å²) in [6.45, 7) is 5.16. The Hall–Kier alpha value is -2.91. The fourth-order valence-electron chi connectivity index (χ4n) is 4.07. The molecule has 1 aliphatic rings. The average Bonchev–Trinajstić information content (AvgIpc) is 3.27. The maximum Gasteiger partial charge on any atom is 0.253 e. The topological polar surface area (TPSA) is 105 Å². The number of aryl methyl sites for hydroxylation is 2. The summed E-state index contributed by atoms with van der Waals surface area (Å²) in [5, 5.41) is 5.66. The first kappa shape index (κ1) is 25.7. The lowest BCUT2D eigenvalue weighted by atomic mass is 10.1. The lowest BCUT2D eigenvalue weighted by molar-refractivity contribution is -0.116. The number of carbonyl (C=O) groups is 2. The second-order valence-corrected chi connectivity index (χ2v) is 10.6. The number of rotatable bonds is 10. The minimum absolute atomic E-state index is 0.0284. The van der Waals surface area contributed by atoms with Gasteiger partial charge in [-0.15, -0.1) is 0 Å². The molecule has 34 heavy (non-hydrogen) atoms. The summed E-state index contributed by atoms with van der Waals surface area (Å²) in [6, 6.07) is 12.4. The molecule has 2 amide bonds. The van der Waals surface area contributed by atoms with Crippen molar-refractivity contribution in [1.82, 2.24) is 5.32 Å². The highest BCUT2D eigenvalue weighted by Gasteiger charge is 2.20. The molecule has 3 rings (SSSR count). The SMILES string of the molecule is Cc1cc(C)cc(N(CCCC(=O)Nc2ccccc2C(=O)NC[C@@H]2CCCO2)S(C)(=O)=O)c1. The van der Waals surface area contributed by atoms with Crippen molar-refractivity contribution in [2.24, 2.45) is 0 Å². The molecular weight excluding hydrogens is 454 g/mol. The van der Waals surface area contributed by atoms with E-state index >= 15 is 0 Å². The largest absolute Gasteiger partial charge is 0.376 e. The van der Waals surface area contributed by atoms with Crippen LogP contribution in [-0.2, 0) is 19.6 Å². The van der Waals surface area contributed by atoms with Crippen molar-refractivity contribution in [2.75, 3.05) is 35.6 Å². The van der Waals surface area contributed by atoms with E-state index in [0.29, 0.717) is 36.5 Å². The highest BCUT2D eigenvalue weighted by atomic mass is 32.2. The molecule has 0 bridgehead atoms. The van der Waals surface area contributed by atoms with Crippen LogP contribution < -0.4 is 14.9 Å². The van der Waals surface area contributed by atoms with Gasteiger partial charge in [-0.25, -0.2) is 8.42 Å². The predicted molar refractivity (Wildman–Crippen MR) is 134 cm³/mol. The molecule has 9 heteroatoms. The second-order valence-electron chi connectivity index (χ2n) is 8.72. The van der Waals surface area contributed by atoms with Crippen LogP contribution in [0.3, 0.4) is 0 Å². The van der Waals surface area contributed by atoms with Crippen molar-refractivity contribution in [3.05, 3.63) is 59.2 Å². The van der Waals surface area contributed by atoms with Crippen LogP contribution in [0.15, 0.2) is 42.5 Å². The van der Waals surface area contributed by atoms with Crippen molar-refractivity contribution < 1.29 is 22.7 Å². The van der Waals surface area contributed by atoms with Crippen molar-refractivity contribution in [3.8, 4) is 0 Å². The first-order chi connectivity index (χ1) is 16.1. The van der Waals surface area contributed by atoms with Crippen molar-refractivity contribution in [2.45, 2.75) is 45.6 Å². The van der Waals surface area contributed by atoms with E-state index in [1.54, 1.807) is 24.3 Å². The highest BCUT2D eigenvalue weighted by Crippen LogP contribution is 2.22. The zero-order valence-corrected chi connectivity index (χ0v) is 20.8. The highest BCUT2D eigenvalue weighted by molar-refractivity contribution is 7.92. The van der Waals surface area contributed by atoms with Gasteiger partial charge in [0.1, 0.15) is 0 Å². The van der Waals surface area contributed by atoms with Crippen molar-refractivity contribution >= 4 is 33.2 Å². The summed E-state index contributed by atoms with van der Waals surface area (Å²) in [5.41, 5.74) is 3.33. The van der Waals surface area contributed by atoms with Crippen LogP contribution >= 0.6 is 0 Å². The Balaban J connectivity index is 1.58. The Labute approximate surface area is 201 Å². The van der Waals surface area contributed by atoms with E-state index in [0.717, 1.165) is 30.2 Å². The zero-order chi connectivity index (χ0) is 24.7. The van der Waals surface area contributed by atoms with Gasteiger partial charge < -0.3 is 15.4 Å². The third-order valence-corrected chi connectivity index (χ3v) is 6.81. The number of ether oxygens (including phenoxy) is 1. The number of nitrogens with one attached hydrogen (secondary N) is 2. The summed E-state index contributed by atoms with van der Waals surface area (Å²) in [6.07, 6.45) is 3.55. The van der Waals surface area contributed by atoms with Gasteiger partial charge in [0.15, 0.2) is 0 Å². The Morgan fingerprint density at radius 2 is 1.82 bits per heavy atom. The number of para-hydroxylation sites is 1. The predicted octanol–water partition coefficient (Wildman–Crippen LogP) is 3.40. The molecule has 1 aliphatic heterocycles. The number of hydrogen-bond donors (Lipinski definition) is 2. The molecule has 0 unspecified atom stereocenters. The van der Waals surface area contributed by atoms with Crippen LogP contribution in [0.2, 0.25) is 0 Å². The van der Waals surface area contributed by atoms with E-state index in [1.165, 1.54) is 4.31 Å². The molecule has 2 N–H and O–H groups in total. The molecule has 1 atom stereocenters. The first-order valence-electron chi connectivity index (χ1n) is 11.5. The van der Waals surface area contributed by atoms with E-state index < -0.39 is 10.0 Å². The van der Waals surface area contributed by atoms with E-state index in [9.17, 15) is 18.0 Å². The molecule has 0 saturated carbocycles. The quantitative estimate of drug-likeness (QED) is 0.535. The van der Waals surface area contributed by atoms with E-state index in [1.807, 2.05) is 32.0 Å². The van der Waals surface area contributed by atoms with Gasteiger partial charge in [-0.3, -0.25) is 13.9 Å². The Bertz CT molecular complexity index is 1110. The second kappa shape index (κ2) is 11.5. The smallest absolute Gasteiger partial charge is 0.253 e. The standard InChI is InChI=1S/C25H33N3O5S/c1-18-14-19(2)16-20(15-18)28(34(3,31)32)12-6-11-24(29)27-23-10-5-4-9-22(23)25(30)26-17-21-8-7-13-33-21/h4-5,9-10,14-16,21H,6-8,11-13,17H2,1-3H3,(H,26,30)(H,27,29)/t21-/m0/s1. The number of sulfonamides is 1. The summed E-state index contributed by atoms with van der Waals surface area (Å²) < 4.78 is 31.6. The van der Waals surface area contributed by atoms with Crippen LogP contribution in [0.1, 0.15) is 47.2 Å². The summed E-state index contributed by atoms with van der Waals surface area (Å²) in [5.74, 6) is -0.558. The molecule has 184 valence electrons. The lowest BCUT2D eigenvalue weighted by Crippen LogP contribution is -2.32. The maximum atomic E-state index is 12.6. The molecular formula is C25H33N3O5S. The molecule has 1 heterocycles. The third-order valence-electron chi connectivity index (χ3n) is 5.62. The number of nitrogens with zero attached hydrogens (tertiary/aromatic N) is 1.